The van der Waals surface area contributed by atoms with Gasteiger partial charge in [0.25, 0.3) is 0 Å². The first-order chi connectivity index (χ1) is 9.78. The van der Waals surface area contributed by atoms with Crippen molar-refractivity contribution in [2.75, 3.05) is 0 Å². The van der Waals surface area contributed by atoms with E-state index in [1.54, 1.807) is 0 Å². The Morgan fingerprint density at radius 3 is 2.95 bits per heavy atom. The molecule has 1 aliphatic carbocycles. The summed E-state index contributed by atoms with van der Waals surface area (Å²) in [5.74, 6) is 1.16. The highest BCUT2D eigenvalue weighted by atomic mass is 15.1. The second-order valence-electron chi connectivity index (χ2n) is 5.74. The molecule has 1 saturated carbocycles. The summed E-state index contributed by atoms with van der Waals surface area (Å²) < 4.78 is 2.24. The zero-order valence-electron chi connectivity index (χ0n) is 12.4. The van der Waals surface area contributed by atoms with E-state index < -0.39 is 0 Å². The van der Waals surface area contributed by atoms with Crippen LogP contribution in [0.25, 0.3) is 5.69 Å². The van der Waals surface area contributed by atoms with Gasteiger partial charge in [-0.05, 0) is 43.4 Å². The van der Waals surface area contributed by atoms with E-state index >= 15 is 0 Å². The molecule has 3 nitrogen and oxygen atoms in total. The Morgan fingerprint density at radius 1 is 1.35 bits per heavy atom. The molecule has 1 aromatic heterocycles. The average molecular weight is 269 g/mol. The van der Waals surface area contributed by atoms with Crippen molar-refractivity contribution in [2.45, 2.75) is 52.1 Å². The van der Waals surface area contributed by atoms with Gasteiger partial charge < -0.3 is 9.88 Å². The van der Waals surface area contributed by atoms with Gasteiger partial charge >= 0.3 is 0 Å². The number of nitrogens with one attached hydrogen (secondary N) is 1. The van der Waals surface area contributed by atoms with Crippen LogP contribution in [0.5, 0.6) is 0 Å². The van der Waals surface area contributed by atoms with Gasteiger partial charge in [-0.25, -0.2) is 4.98 Å². The third kappa shape index (κ3) is 2.93. The molecule has 3 rings (SSSR count). The maximum absolute atomic E-state index is 4.48. The van der Waals surface area contributed by atoms with Gasteiger partial charge in [-0.2, -0.15) is 0 Å². The minimum absolute atomic E-state index is 0.753. The van der Waals surface area contributed by atoms with E-state index in [-0.39, 0.29) is 0 Å². The number of hydrogen-bond acceptors (Lipinski definition) is 2. The van der Waals surface area contributed by atoms with Crippen molar-refractivity contribution in [2.24, 2.45) is 0 Å². The number of hydrogen-bond donors (Lipinski definition) is 1. The molecule has 0 saturated heterocycles. The van der Waals surface area contributed by atoms with Gasteiger partial charge in [-0.3, -0.25) is 0 Å². The molecule has 1 aromatic carbocycles. The molecule has 106 valence electrons. The Morgan fingerprint density at radius 2 is 2.20 bits per heavy atom. The van der Waals surface area contributed by atoms with Crippen LogP contribution in [0.4, 0.5) is 0 Å². The van der Waals surface area contributed by atoms with Crippen molar-refractivity contribution in [1.82, 2.24) is 14.9 Å². The summed E-state index contributed by atoms with van der Waals surface area (Å²) in [7, 11) is 0. The molecule has 1 heterocycles. The number of imidazole rings is 1. The first kappa shape index (κ1) is 13.4. The number of aryl methyl sites for hydroxylation is 2. The van der Waals surface area contributed by atoms with Crippen molar-refractivity contribution < 1.29 is 0 Å². The number of aromatic nitrogens is 2. The van der Waals surface area contributed by atoms with E-state index in [0.717, 1.165) is 31.3 Å². The van der Waals surface area contributed by atoms with Crippen molar-refractivity contribution >= 4 is 0 Å². The van der Waals surface area contributed by atoms with Crippen molar-refractivity contribution in [3.05, 3.63) is 47.5 Å². The van der Waals surface area contributed by atoms with Crippen LogP contribution in [0.2, 0.25) is 0 Å². The number of rotatable bonds is 6. The molecule has 3 heteroatoms. The summed E-state index contributed by atoms with van der Waals surface area (Å²) in [6.45, 7) is 5.33. The topological polar surface area (TPSA) is 29.9 Å². The summed E-state index contributed by atoms with van der Waals surface area (Å²) in [6.07, 6.45) is 8.79. The zero-order valence-corrected chi connectivity index (χ0v) is 12.4. The Labute approximate surface area is 121 Å². The molecule has 1 fully saturated rings. The van der Waals surface area contributed by atoms with Crippen LogP contribution < -0.4 is 5.32 Å². The second kappa shape index (κ2) is 5.80. The van der Waals surface area contributed by atoms with Crippen molar-refractivity contribution in [3.63, 3.8) is 0 Å². The van der Waals surface area contributed by atoms with Crippen LogP contribution in [-0.2, 0) is 13.0 Å². The van der Waals surface area contributed by atoms with Gasteiger partial charge in [0, 0.05) is 37.1 Å². The summed E-state index contributed by atoms with van der Waals surface area (Å²) in [4.78, 5) is 4.48. The van der Waals surface area contributed by atoms with Gasteiger partial charge in [-0.1, -0.05) is 19.1 Å². The maximum atomic E-state index is 4.48. The van der Waals surface area contributed by atoms with Gasteiger partial charge in [0.2, 0.25) is 0 Å². The normalized spacial score (nSPS) is 14.7. The Hall–Kier alpha value is -1.61. The van der Waals surface area contributed by atoms with E-state index in [1.807, 2.05) is 6.20 Å². The van der Waals surface area contributed by atoms with Crippen molar-refractivity contribution in [1.29, 1.82) is 0 Å². The first-order valence-electron chi connectivity index (χ1n) is 7.63. The third-order valence-electron chi connectivity index (χ3n) is 3.90. The van der Waals surface area contributed by atoms with E-state index in [4.69, 9.17) is 0 Å². The largest absolute Gasteiger partial charge is 0.310 e. The highest BCUT2D eigenvalue weighted by Crippen LogP contribution is 2.21. The predicted octanol–water partition coefficient (Wildman–Crippen LogP) is 3.39. The fourth-order valence-corrected chi connectivity index (χ4v) is 2.54. The smallest absolute Gasteiger partial charge is 0.113 e. The van der Waals surface area contributed by atoms with Gasteiger partial charge in [0.1, 0.15) is 5.82 Å². The fourth-order valence-electron chi connectivity index (χ4n) is 2.54. The predicted molar refractivity (Wildman–Crippen MR) is 82.2 cm³/mol. The van der Waals surface area contributed by atoms with Crippen LogP contribution in [0.15, 0.2) is 30.6 Å². The lowest BCUT2D eigenvalue weighted by Gasteiger charge is -2.13. The minimum Gasteiger partial charge on any atom is -0.310 e. The molecular formula is C17H23N3. The number of benzene rings is 1. The summed E-state index contributed by atoms with van der Waals surface area (Å²) >= 11 is 0. The highest BCUT2D eigenvalue weighted by Gasteiger charge is 2.20. The fraction of sp³-hybridized carbons (Fsp3) is 0.471. The van der Waals surface area contributed by atoms with E-state index in [2.05, 4.69) is 53.1 Å². The molecule has 0 atom stereocenters. The molecule has 0 bridgehead atoms. The second-order valence-corrected chi connectivity index (χ2v) is 5.74. The van der Waals surface area contributed by atoms with E-state index in [9.17, 15) is 0 Å². The molecule has 2 aromatic rings. The summed E-state index contributed by atoms with van der Waals surface area (Å²) in [6, 6.07) is 7.49. The van der Waals surface area contributed by atoms with Crippen LogP contribution in [0.1, 0.15) is 43.1 Å². The highest BCUT2D eigenvalue weighted by molar-refractivity contribution is 5.44. The van der Waals surface area contributed by atoms with Crippen molar-refractivity contribution in [3.8, 4) is 5.69 Å². The van der Waals surface area contributed by atoms with E-state index in [1.165, 1.54) is 29.7 Å². The number of nitrogens with zero attached hydrogens (tertiary/aromatic N) is 2. The molecule has 20 heavy (non-hydrogen) atoms. The molecule has 0 unspecified atom stereocenters. The maximum Gasteiger partial charge on any atom is 0.113 e. The molecule has 0 amide bonds. The van der Waals surface area contributed by atoms with Crippen LogP contribution in [0.3, 0.4) is 0 Å². The Balaban J connectivity index is 1.86. The first-order valence-corrected chi connectivity index (χ1v) is 7.63. The molecule has 0 radical (unpaired) electrons. The molecule has 0 aliphatic heterocycles. The van der Waals surface area contributed by atoms with Crippen LogP contribution >= 0.6 is 0 Å². The molecule has 0 spiro atoms. The molecule has 1 N–H and O–H groups in total. The van der Waals surface area contributed by atoms with Crippen LogP contribution in [-0.4, -0.2) is 15.6 Å². The Kier molecular flexibility index (Phi) is 3.88. The lowest BCUT2D eigenvalue weighted by molar-refractivity contribution is 0.687. The lowest BCUT2D eigenvalue weighted by Crippen LogP contribution is -2.15. The third-order valence-corrected chi connectivity index (χ3v) is 3.90. The standard InChI is InChI=1S/C17H23N3/c1-3-4-17-18-9-10-20(17)16-11-14(6-5-13(16)2)12-19-15-7-8-15/h5-6,9-11,15,19H,3-4,7-8,12H2,1-2H3. The van der Waals surface area contributed by atoms with E-state index in [0.29, 0.717) is 0 Å². The SMILES string of the molecule is CCCc1nccn1-c1cc(CNC2CC2)ccc1C. The molecule has 1 aliphatic rings. The minimum atomic E-state index is 0.753. The Bertz CT molecular complexity index is 582. The summed E-state index contributed by atoms with van der Waals surface area (Å²) in [5, 5.41) is 3.58. The quantitative estimate of drug-likeness (QED) is 0.871. The lowest BCUT2D eigenvalue weighted by atomic mass is 10.1. The monoisotopic (exact) mass is 269 g/mol. The van der Waals surface area contributed by atoms with Gasteiger partial charge in [-0.15, -0.1) is 0 Å². The molecular weight excluding hydrogens is 246 g/mol. The van der Waals surface area contributed by atoms with Gasteiger partial charge in [0.05, 0.1) is 0 Å². The zero-order chi connectivity index (χ0) is 13.9. The summed E-state index contributed by atoms with van der Waals surface area (Å²) in [5.41, 5.74) is 3.92. The van der Waals surface area contributed by atoms with Crippen LogP contribution in [0, 0.1) is 6.92 Å². The van der Waals surface area contributed by atoms with Gasteiger partial charge in [0.15, 0.2) is 0 Å². The average Bonchev–Trinajstić information content (AvgIpc) is 3.17.